The van der Waals surface area contributed by atoms with Crippen molar-refractivity contribution in [2.45, 2.75) is 6.54 Å². The average Bonchev–Trinajstić information content (AvgIpc) is 2.73. The molecule has 7 heteroatoms. The van der Waals surface area contributed by atoms with Gasteiger partial charge in [0.2, 0.25) is 0 Å². The lowest BCUT2D eigenvalue weighted by Crippen LogP contribution is -2.08. The molecule has 0 spiro atoms. The van der Waals surface area contributed by atoms with E-state index in [1.165, 1.54) is 12.3 Å². The number of hydrogen-bond donors (Lipinski definition) is 2. The molecule has 0 aliphatic rings. The number of anilines is 1. The fourth-order valence-electron chi connectivity index (χ4n) is 1.25. The highest BCUT2D eigenvalue weighted by molar-refractivity contribution is 9.11. The van der Waals surface area contributed by atoms with E-state index in [4.69, 9.17) is 5.11 Å². The van der Waals surface area contributed by atoms with Gasteiger partial charge in [-0.25, -0.2) is 4.79 Å². The third-order valence-electron chi connectivity index (χ3n) is 2.01. The second-order valence-electron chi connectivity index (χ2n) is 3.16. The Kier molecular flexibility index (Phi) is 3.70. The van der Waals surface area contributed by atoms with Gasteiger partial charge >= 0.3 is 5.97 Å². The smallest absolute Gasteiger partial charge is 0.339 e. The van der Waals surface area contributed by atoms with E-state index in [9.17, 15) is 4.79 Å². The van der Waals surface area contributed by atoms with Gasteiger partial charge in [-0.1, -0.05) is 0 Å². The number of carboxylic acid groups (broad SMARTS) is 1. The summed E-state index contributed by atoms with van der Waals surface area (Å²) in [6.45, 7) is 0.523. The fraction of sp³-hybridized carbons (Fsp3) is 0.100. The van der Waals surface area contributed by atoms with E-state index in [-0.39, 0.29) is 11.4 Å². The van der Waals surface area contributed by atoms with Gasteiger partial charge < -0.3 is 10.4 Å². The fourth-order valence-corrected chi connectivity index (χ4v) is 2.68. The summed E-state index contributed by atoms with van der Waals surface area (Å²) >= 11 is 4.94. The standard InChI is InChI=1S/C10H8BrN3O2S/c11-8-2-1-6(17-8)5-12-9-7(10(15)16)3-4-13-14-9/h1-4H,5H2,(H,12,14)(H,15,16). The number of aromatic carboxylic acids is 1. The monoisotopic (exact) mass is 313 g/mol. The zero-order valence-electron chi connectivity index (χ0n) is 8.55. The highest BCUT2D eigenvalue weighted by Crippen LogP contribution is 2.23. The molecule has 0 aliphatic carbocycles. The lowest BCUT2D eigenvalue weighted by atomic mass is 10.3. The molecule has 0 saturated heterocycles. The maximum Gasteiger partial charge on any atom is 0.339 e. The van der Waals surface area contributed by atoms with Gasteiger partial charge in [-0.05, 0) is 34.1 Å². The second kappa shape index (κ2) is 5.24. The van der Waals surface area contributed by atoms with Crippen LogP contribution in [0.4, 0.5) is 5.82 Å². The molecule has 0 amide bonds. The van der Waals surface area contributed by atoms with Crippen molar-refractivity contribution in [1.29, 1.82) is 0 Å². The van der Waals surface area contributed by atoms with Crippen LogP contribution in [0.3, 0.4) is 0 Å². The Bertz CT molecular complexity index is 544. The Morgan fingerprint density at radius 1 is 1.47 bits per heavy atom. The zero-order chi connectivity index (χ0) is 12.3. The number of carbonyl (C=O) groups is 1. The molecule has 0 aromatic carbocycles. The minimum atomic E-state index is -1.02. The third-order valence-corrected chi connectivity index (χ3v) is 3.63. The number of thiophene rings is 1. The third kappa shape index (κ3) is 3.01. The van der Waals surface area contributed by atoms with Gasteiger partial charge in [0.15, 0.2) is 5.82 Å². The van der Waals surface area contributed by atoms with Crippen molar-refractivity contribution in [3.63, 3.8) is 0 Å². The van der Waals surface area contributed by atoms with Gasteiger partial charge in [-0.2, -0.15) is 5.10 Å². The first-order valence-electron chi connectivity index (χ1n) is 4.70. The molecule has 2 heterocycles. The van der Waals surface area contributed by atoms with E-state index in [0.29, 0.717) is 6.54 Å². The molecule has 0 bridgehead atoms. The Hall–Kier alpha value is -1.47. The normalized spacial score (nSPS) is 10.2. The zero-order valence-corrected chi connectivity index (χ0v) is 11.0. The summed E-state index contributed by atoms with van der Waals surface area (Å²) < 4.78 is 1.03. The van der Waals surface area contributed by atoms with Crippen LogP contribution in [0, 0.1) is 0 Å². The number of halogens is 1. The van der Waals surface area contributed by atoms with Crippen molar-refractivity contribution in [3.8, 4) is 0 Å². The molecule has 0 aliphatic heterocycles. The van der Waals surface area contributed by atoms with Crippen LogP contribution < -0.4 is 5.32 Å². The van der Waals surface area contributed by atoms with Crippen molar-refractivity contribution in [2.24, 2.45) is 0 Å². The van der Waals surface area contributed by atoms with Crippen LogP contribution in [0.1, 0.15) is 15.2 Å². The van der Waals surface area contributed by atoms with Gasteiger partial charge in [0.05, 0.1) is 16.5 Å². The van der Waals surface area contributed by atoms with Gasteiger partial charge in [0, 0.05) is 4.88 Å². The average molecular weight is 314 g/mol. The minimum absolute atomic E-state index is 0.121. The van der Waals surface area contributed by atoms with Gasteiger partial charge in [0.1, 0.15) is 5.56 Å². The van der Waals surface area contributed by atoms with E-state index in [2.05, 4.69) is 31.4 Å². The van der Waals surface area contributed by atoms with Crippen molar-refractivity contribution >= 4 is 39.1 Å². The minimum Gasteiger partial charge on any atom is -0.478 e. The Labute approximate surface area is 110 Å². The second-order valence-corrected chi connectivity index (χ2v) is 5.71. The first kappa shape index (κ1) is 12.0. The summed E-state index contributed by atoms with van der Waals surface area (Å²) in [5.41, 5.74) is 0.121. The summed E-state index contributed by atoms with van der Waals surface area (Å²) in [5.74, 6) is -0.737. The Balaban J connectivity index is 2.11. The maximum absolute atomic E-state index is 10.9. The maximum atomic E-state index is 10.9. The number of carboxylic acids is 1. The number of hydrogen-bond acceptors (Lipinski definition) is 5. The molecule has 0 radical (unpaired) electrons. The van der Waals surface area contributed by atoms with Crippen molar-refractivity contribution < 1.29 is 9.90 Å². The highest BCUT2D eigenvalue weighted by atomic mass is 79.9. The SMILES string of the molecule is O=C(O)c1ccnnc1NCc1ccc(Br)s1. The van der Waals surface area contributed by atoms with Crippen LogP contribution in [0.5, 0.6) is 0 Å². The summed E-state index contributed by atoms with van der Waals surface area (Å²) in [6.07, 6.45) is 1.36. The molecule has 2 aromatic rings. The van der Waals surface area contributed by atoms with Crippen LogP contribution in [0.15, 0.2) is 28.2 Å². The molecule has 0 saturated carbocycles. The van der Waals surface area contributed by atoms with E-state index in [1.54, 1.807) is 11.3 Å². The van der Waals surface area contributed by atoms with Crippen LogP contribution in [-0.2, 0) is 6.54 Å². The molecule has 17 heavy (non-hydrogen) atoms. The quantitative estimate of drug-likeness (QED) is 0.907. The first-order valence-corrected chi connectivity index (χ1v) is 6.31. The van der Waals surface area contributed by atoms with Crippen LogP contribution in [-0.4, -0.2) is 21.3 Å². The molecule has 2 rings (SSSR count). The van der Waals surface area contributed by atoms with E-state index in [0.717, 1.165) is 8.66 Å². The lowest BCUT2D eigenvalue weighted by molar-refractivity contribution is 0.0697. The number of nitrogens with one attached hydrogen (secondary N) is 1. The number of rotatable bonds is 4. The Morgan fingerprint density at radius 2 is 2.29 bits per heavy atom. The van der Waals surface area contributed by atoms with Crippen molar-refractivity contribution in [2.75, 3.05) is 5.32 Å². The van der Waals surface area contributed by atoms with Crippen LogP contribution in [0.25, 0.3) is 0 Å². The van der Waals surface area contributed by atoms with Gasteiger partial charge in [-0.15, -0.1) is 16.4 Å². The molecular weight excluding hydrogens is 306 g/mol. The summed E-state index contributed by atoms with van der Waals surface area (Å²) in [6, 6.07) is 5.32. The predicted molar refractivity (Wildman–Crippen MR) is 68.3 cm³/mol. The van der Waals surface area contributed by atoms with E-state index >= 15 is 0 Å². The topological polar surface area (TPSA) is 75.1 Å². The van der Waals surface area contributed by atoms with Crippen molar-refractivity contribution in [3.05, 3.63) is 38.6 Å². The van der Waals surface area contributed by atoms with Gasteiger partial charge in [0.25, 0.3) is 0 Å². The van der Waals surface area contributed by atoms with E-state index < -0.39 is 5.97 Å². The van der Waals surface area contributed by atoms with Crippen molar-refractivity contribution in [1.82, 2.24) is 10.2 Å². The molecule has 0 fully saturated rings. The molecule has 0 unspecified atom stereocenters. The highest BCUT2D eigenvalue weighted by Gasteiger charge is 2.11. The molecule has 0 atom stereocenters. The summed E-state index contributed by atoms with van der Waals surface area (Å²) in [4.78, 5) is 12.0. The Morgan fingerprint density at radius 3 is 2.94 bits per heavy atom. The van der Waals surface area contributed by atoms with Crippen LogP contribution >= 0.6 is 27.3 Å². The largest absolute Gasteiger partial charge is 0.478 e. The molecular formula is C10H8BrN3O2S. The molecule has 88 valence electrons. The van der Waals surface area contributed by atoms with Crippen LogP contribution in [0.2, 0.25) is 0 Å². The first-order chi connectivity index (χ1) is 8.16. The van der Waals surface area contributed by atoms with E-state index in [1.807, 2.05) is 12.1 Å². The summed E-state index contributed by atoms with van der Waals surface area (Å²) in [7, 11) is 0. The predicted octanol–water partition coefficient (Wildman–Crippen LogP) is 2.61. The van der Waals surface area contributed by atoms with Gasteiger partial charge in [-0.3, -0.25) is 0 Å². The summed E-state index contributed by atoms with van der Waals surface area (Å²) in [5, 5.41) is 19.3. The molecule has 2 aromatic heterocycles. The number of aromatic nitrogens is 2. The number of nitrogens with zero attached hydrogens (tertiary/aromatic N) is 2. The lowest BCUT2D eigenvalue weighted by Gasteiger charge is -2.05. The molecule has 2 N–H and O–H groups in total. The molecule has 5 nitrogen and oxygen atoms in total.